The zero-order chi connectivity index (χ0) is 23.4. The molecule has 1 amide bonds. The number of carbonyl (C=O) groups excluding carboxylic acids is 1. The standard InChI is InChI=1S/C25H20Cl2N4O2/c1-15-28-21(16-7-4-3-5-8-16)14-22(29-15)30-17-9-6-10-18(13-17)31-25(32)23-19(26)11-12-20(27)24(23)33-2/h3-14H,1-2H3,(H,31,32)(H,28,29,30). The summed E-state index contributed by atoms with van der Waals surface area (Å²) in [6.07, 6.45) is 0. The van der Waals surface area contributed by atoms with Crippen LogP contribution in [0.2, 0.25) is 10.0 Å². The quantitative estimate of drug-likeness (QED) is 0.320. The number of nitrogens with zero attached hydrogens (tertiary/aromatic N) is 2. The van der Waals surface area contributed by atoms with E-state index in [-0.39, 0.29) is 16.3 Å². The predicted octanol–water partition coefficient (Wildman–Crippen LogP) is 6.76. The summed E-state index contributed by atoms with van der Waals surface area (Å²) in [6, 6.07) is 22.2. The van der Waals surface area contributed by atoms with Crippen LogP contribution in [0.1, 0.15) is 16.2 Å². The molecule has 6 nitrogen and oxygen atoms in total. The molecular weight excluding hydrogens is 459 g/mol. The average Bonchev–Trinajstić information content (AvgIpc) is 2.80. The van der Waals surface area contributed by atoms with Crippen molar-refractivity contribution < 1.29 is 9.53 Å². The number of hydrogen-bond acceptors (Lipinski definition) is 5. The maximum Gasteiger partial charge on any atom is 0.261 e. The number of aromatic nitrogens is 2. The largest absolute Gasteiger partial charge is 0.494 e. The monoisotopic (exact) mass is 478 g/mol. The number of methoxy groups -OCH3 is 1. The molecule has 0 unspecified atom stereocenters. The first-order valence-electron chi connectivity index (χ1n) is 10.1. The number of halogens is 2. The van der Waals surface area contributed by atoms with Gasteiger partial charge >= 0.3 is 0 Å². The number of aryl methyl sites for hydroxylation is 1. The Morgan fingerprint density at radius 3 is 2.36 bits per heavy atom. The van der Waals surface area contributed by atoms with Crippen molar-refractivity contribution in [1.29, 1.82) is 0 Å². The Bertz CT molecular complexity index is 1310. The highest BCUT2D eigenvalue weighted by atomic mass is 35.5. The summed E-state index contributed by atoms with van der Waals surface area (Å²) in [5.74, 6) is 1.08. The molecule has 2 N–H and O–H groups in total. The molecule has 33 heavy (non-hydrogen) atoms. The van der Waals surface area contributed by atoms with E-state index < -0.39 is 5.91 Å². The molecule has 0 bridgehead atoms. The summed E-state index contributed by atoms with van der Waals surface area (Å²) in [7, 11) is 1.44. The molecule has 0 aliphatic heterocycles. The minimum absolute atomic E-state index is 0.170. The second kappa shape index (κ2) is 9.90. The van der Waals surface area contributed by atoms with E-state index in [4.69, 9.17) is 27.9 Å². The Kier molecular flexibility index (Phi) is 6.77. The van der Waals surface area contributed by atoms with Gasteiger partial charge in [0.1, 0.15) is 17.2 Å². The molecule has 0 saturated heterocycles. The zero-order valence-electron chi connectivity index (χ0n) is 17.9. The van der Waals surface area contributed by atoms with Crippen molar-refractivity contribution in [3.05, 3.63) is 94.2 Å². The maximum absolute atomic E-state index is 12.9. The van der Waals surface area contributed by atoms with Crippen LogP contribution in [0.3, 0.4) is 0 Å². The predicted molar refractivity (Wildman–Crippen MR) is 133 cm³/mol. The molecule has 0 aliphatic carbocycles. The number of nitrogens with one attached hydrogen (secondary N) is 2. The van der Waals surface area contributed by atoms with Crippen molar-refractivity contribution in [2.75, 3.05) is 17.7 Å². The molecular formula is C25H20Cl2N4O2. The van der Waals surface area contributed by atoms with E-state index in [0.717, 1.165) is 16.9 Å². The van der Waals surface area contributed by atoms with E-state index in [2.05, 4.69) is 20.6 Å². The second-order valence-corrected chi connectivity index (χ2v) is 7.96. The van der Waals surface area contributed by atoms with Crippen LogP contribution in [0, 0.1) is 6.92 Å². The van der Waals surface area contributed by atoms with Crippen LogP contribution in [-0.2, 0) is 0 Å². The number of benzene rings is 3. The SMILES string of the molecule is COc1c(Cl)ccc(Cl)c1C(=O)Nc1cccc(Nc2cc(-c3ccccc3)nc(C)n2)c1. The van der Waals surface area contributed by atoms with Gasteiger partial charge in [-0.25, -0.2) is 9.97 Å². The lowest BCUT2D eigenvalue weighted by atomic mass is 10.1. The van der Waals surface area contributed by atoms with E-state index in [0.29, 0.717) is 22.4 Å². The minimum Gasteiger partial charge on any atom is -0.494 e. The van der Waals surface area contributed by atoms with Gasteiger partial charge in [-0.3, -0.25) is 4.79 Å². The van der Waals surface area contributed by atoms with Gasteiger partial charge < -0.3 is 15.4 Å². The average molecular weight is 479 g/mol. The topological polar surface area (TPSA) is 76.1 Å². The molecule has 0 saturated carbocycles. The molecule has 4 rings (SSSR count). The molecule has 3 aromatic carbocycles. The van der Waals surface area contributed by atoms with Gasteiger partial charge in [-0.15, -0.1) is 0 Å². The van der Waals surface area contributed by atoms with E-state index in [9.17, 15) is 4.79 Å². The van der Waals surface area contributed by atoms with E-state index in [1.807, 2.05) is 55.5 Å². The van der Waals surface area contributed by atoms with Gasteiger partial charge in [0.15, 0.2) is 5.75 Å². The van der Waals surface area contributed by atoms with Crippen molar-refractivity contribution in [2.45, 2.75) is 6.92 Å². The summed E-state index contributed by atoms with van der Waals surface area (Å²) in [6.45, 7) is 1.84. The number of hydrogen-bond donors (Lipinski definition) is 2. The summed E-state index contributed by atoms with van der Waals surface area (Å²) < 4.78 is 5.27. The fourth-order valence-electron chi connectivity index (χ4n) is 3.35. The summed E-state index contributed by atoms with van der Waals surface area (Å²) in [5.41, 5.74) is 3.30. The highest BCUT2D eigenvalue weighted by Crippen LogP contribution is 2.34. The third-order valence-corrected chi connectivity index (χ3v) is 5.40. The fraction of sp³-hybridized carbons (Fsp3) is 0.0800. The smallest absolute Gasteiger partial charge is 0.261 e. The third kappa shape index (κ3) is 5.25. The van der Waals surface area contributed by atoms with E-state index >= 15 is 0 Å². The first kappa shape index (κ1) is 22.6. The van der Waals surface area contributed by atoms with Gasteiger partial charge in [0.25, 0.3) is 5.91 Å². The van der Waals surface area contributed by atoms with Crippen molar-refractivity contribution in [3.63, 3.8) is 0 Å². The van der Waals surface area contributed by atoms with Gasteiger partial charge in [-0.2, -0.15) is 0 Å². The lowest BCUT2D eigenvalue weighted by Gasteiger charge is -2.13. The fourth-order valence-corrected chi connectivity index (χ4v) is 3.82. The molecule has 4 aromatic rings. The number of rotatable bonds is 6. The third-order valence-electron chi connectivity index (χ3n) is 4.79. The van der Waals surface area contributed by atoms with Crippen LogP contribution in [0.5, 0.6) is 5.75 Å². The molecule has 166 valence electrons. The van der Waals surface area contributed by atoms with Crippen LogP contribution < -0.4 is 15.4 Å². The van der Waals surface area contributed by atoms with Crippen LogP contribution in [0.25, 0.3) is 11.3 Å². The molecule has 0 radical (unpaired) electrons. The molecule has 1 aromatic heterocycles. The van der Waals surface area contributed by atoms with Crippen molar-refractivity contribution >= 4 is 46.3 Å². The zero-order valence-corrected chi connectivity index (χ0v) is 19.4. The molecule has 8 heteroatoms. The van der Waals surface area contributed by atoms with Gasteiger partial charge in [0.05, 0.1) is 22.8 Å². The summed E-state index contributed by atoms with van der Waals surface area (Å²) in [5, 5.41) is 6.66. The Balaban J connectivity index is 1.57. The Labute approximate surface area is 201 Å². The normalized spacial score (nSPS) is 10.5. The lowest BCUT2D eigenvalue weighted by molar-refractivity contribution is 0.102. The molecule has 1 heterocycles. The molecule has 0 atom stereocenters. The van der Waals surface area contributed by atoms with Crippen LogP contribution >= 0.6 is 23.2 Å². The first-order valence-corrected chi connectivity index (χ1v) is 10.8. The lowest BCUT2D eigenvalue weighted by Crippen LogP contribution is -2.14. The van der Waals surface area contributed by atoms with Crippen molar-refractivity contribution in [2.24, 2.45) is 0 Å². The van der Waals surface area contributed by atoms with Gasteiger partial charge in [-0.1, -0.05) is 59.6 Å². The van der Waals surface area contributed by atoms with Crippen LogP contribution in [0.4, 0.5) is 17.2 Å². The minimum atomic E-state index is -0.430. The van der Waals surface area contributed by atoms with Crippen LogP contribution in [-0.4, -0.2) is 23.0 Å². The summed E-state index contributed by atoms with van der Waals surface area (Å²) >= 11 is 12.4. The van der Waals surface area contributed by atoms with E-state index in [1.54, 1.807) is 24.3 Å². The Morgan fingerprint density at radius 1 is 0.879 bits per heavy atom. The number of carbonyl (C=O) groups is 1. The number of ether oxygens (including phenoxy) is 1. The second-order valence-electron chi connectivity index (χ2n) is 7.15. The molecule has 0 spiro atoms. The highest BCUT2D eigenvalue weighted by molar-refractivity contribution is 6.37. The van der Waals surface area contributed by atoms with Gasteiger partial charge in [-0.05, 0) is 37.3 Å². The van der Waals surface area contributed by atoms with Crippen molar-refractivity contribution in [3.8, 4) is 17.0 Å². The van der Waals surface area contributed by atoms with Gasteiger partial charge in [0.2, 0.25) is 0 Å². The van der Waals surface area contributed by atoms with Crippen LogP contribution in [0.15, 0.2) is 72.8 Å². The van der Waals surface area contributed by atoms with E-state index in [1.165, 1.54) is 7.11 Å². The van der Waals surface area contributed by atoms with Crippen molar-refractivity contribution in [1.82, 2.24) is 9.97 Å². The Hall–Kier alpha value is -3.61. The molecule has 0 fully saturated rings. The maximum atomic E-state index is 12.9. The number of amides is 1. The van der Waals surface area contributed by atoms with Gasteiger partial charge in [0, 0.05) is 23.0 Å². The Morgan fingerprint density at radius 2 is 1.61 bits per heavy atom. The number of anilines is 3. The summed E-state index contributed by atoms with van der Waals surface area (Å²) in [4.78, 5) is 21.9. The first-order chi connectivity index (χ1) is 15.9. The molecule has 0 aliphatic rings. The highest BCUT2D eigenvalue weighted by Gasteiger charge is 2.19.